The van der Waals surface area contributed by atoms with Crippen molar-refractivity contribution in [3.05, 3.63) is 23.8 Å². The lowest BCUT2D eigenvalue weighted by Crippen LogP contribution is -2.29. The predicted octanol–water partition coefficient (Wildman–Crippen LogP) is 3.56. The van der Waals surface area contributed by atoms with E-state index in [-0.39, 0.29) is 17.1 Å². The maximum atomic E-state index is 11.8. The summed E-state index contributed by atoms with van der Waals surface area (Å²) in [7, 11) is 0. The number of hydrogen-bond donors (Lipinski definition) is 2. The molecule has 0 heterocycles. The molecule has 0 aliphatic carbocycles. The van der Waals surface area contributed by atoms with Crippen LogP contribution in [0.25, 0.3) is 0 Å². The molecular weight excluding hydrogens is 328 g/mol. The van der Waals surface area contributed by atoms with Crippen LogP contribution in [0.4, 0.5) is 9.59 Å². The highest BCUT2D eigenvalue weighted by Crippen LogP contribution is 2.23. The van der Waals surface area contributed by atoms with E-state index >= 15 is 0 Å². The Morgan fingerprint density at radius 2 is 1.68 bits per heavy atom. The average molecular weight is 352 g/mol. The number of nitrogens with zero attached hydrogens (tertiary/aromatic N) is 1. The standard InChI is InChI=1S/C17H24N2O6/c1-16(2,3)24-14(21)19-18-10-11-9-12(20)7-8-13(11)23-15(22)25-17(4,5)6/h7-10,20H,1-6H3,(H,19,21)/b18-10+. The molecule has 1 amide bonds. The highest BCUT2D eigenvalue weighted by molar-refractivity contribution is 5.86. The first-order valence-electron chi connectivity index (χ1n) is 7.62. The number of phenols is 1. The van der Waals surface area contributed by atoms with Crippen LogP contribution in [0.2, 0.25) is 0 Å². The molecule has 0 aromatic heterocycles. The molecule has 1 aromatic rings. The van der Waals surface area contributed by atoms with Gasteiger partial charge in [-0.05, 0) is 59.7 Å². The summed E-state index contributed by atoms with van der Waals surface area (Å²) in [6, 6.07) is 4.05. The van der Waals surface area contributed by atoms with Crippen molar-refractivity contribution in [3.8, 4) is 11.5 Å². The third-order valence-electron chi connectivity index (χ3n) is 2.33. The molecule has 2 N–H and O–H groups in total. The van der Waals surface area contributed by atoms with Crippen LogP contribution in [0.15, 0.2) is 23.3 Å². The van der Waals surface area contributed by atoms with Gasteiger partial charge in [-0.2, -0.15) is 5.10 Å². The molecule has 1 aromatic carbocycles. The third-order valence-corrected chi connectivity index (χ3v) is 2.33. The van der Waals surface area contributed by atoms with Gasteiger partial charge >= 0.3 is 12.2 Å². The fourth-order valence-electron chi connectivity index (χ4n) is 1.55. The number of nitrogens with one attached hydrogen (secondary N) is 1. The van der Waals surface area contributed by atoms with E-state index in [2.05, 4.69) is 10.5 Å². The molecular formula is C17H24N2O6. The van der Waals surface area contributed by atoms with Crippen molar-refractivity contribution in [3.63, 3.8) is 0 Å². The molecule has 0 aliphatic rings. The van der Waals surface area contributed by atoms with Gasteiger partial charge in [-0.25, -0.2) is 15.0 Å². The Balaban J connectivity index is 2.82. The van der Waals surface area contributed by atoms with Crippen LogP contribution >= 0.6 is 0 Å². The number of carbonyl (C=O) groups excluding carboxylic acids is 2. The first kappa shape index (κ1) is 20.3. The molecule has 0 atom stereocenters. The van der Waals surface area contributed by atoms with Crippen molar-refractivity contribution >= 4 is 18.5 Å². The molecule has 0 bridgehead atoms. The van der Waals surface area contributed by atoms with Crippen molar-refractivity contribution in [2.45, 2.75) is 52.7 Å². The lowest BCUT2D eigenvalue weighted by molar-refractivity contribution is 0.0205. The minimum absolute atomic E-state index is 0.0599. The summed E-state index contributed by atoms with van der Waals surface area (Å²) in [5, 5.41) is 13.3. The molecule has 0 unspecified atom stereocenters. The largest absolute Gasteiger partial charge is 0.514 e. The number of rotatable bonds is 3. The van der Waals surface area contributed by atoms with Gasteiger partial charge in [0.05, 0.1) is 6.21 Å². The van der Waals surface area contributed by atoms with Gasteiger partial charge in [0.25, 0.3) is 0 Å². The number of benzene rings is 1. The summed E-state index contributed by atoms with van der Waals surface area (Å²) in [5.41, 5.74) is 1.08. The molecule has 0 radical (unpaired) electrons. The normalized spacial score (nSPS) is 11.9. The topological polar surface area (TPSA) is 106 Å². The summed E-state index contributed by atoms with van der Waals surface area (Å²) in [6.45, 7) is 10.3. The van der Waals surface area contributed by atoms with E-state index in [4.69, 9.17) is 14.2 Å². The van der Waals surface area contributed by atoms with Gasteiger partial charge < -0.3 is 19.3 Å². The van der Waals surface area contributed by atoms with E-state index in [0.29, 0.717) is 0 Å². The van der Waals surface area contributed by atoms with E-state index in [1.807, 2.05) is 0 Å². The lowest BCUT2D eigenvalue weighted by atomic mass is 10.2. The van der Waals surface area contributed by atoms with E-state index in [1.165, 1.54) is 24.4 Å². The molecule has 0 saturated carbocycles. The number of hydrazone groups is 1. The fraction of sp³-hybridized carbons (Fsp3) is 0.471. The number of amides is 1. The van der Waals surface area contributed by atoms with E-state index in [9.17, 15) is 14.7 Å². The summed E-state index contributed by atoms with van der Waals surface area (Å²) in [6.07, 6.45) is -0.421. The number of hydrogen-bond acceptors (Lipinski definition) is 7. The van der Waals surface area contributed by atoms with Gasteiger partial charge in [0.1, 0.15) is 22.7 Å². The maximum absolute atomic E-state index is 11.8. The number of ether oxygens (including phenoxy) is 3. The van der Waals surface area contributed by atoms with Gasteiger partial charge in [-0.1, -0.05) is 0 Å². The maximum Gasteiger partial charge on any atom is 0.514 e. The Bertz CT molecular complexity index is 656. The predicted molar refractivity (Wildman–Crippen MR) is 91.9 cm³/mol. The zero-order valence-corrected chi connectivity index (χ0v) is 15.2. The molecule has 25 heavy (non-hydrogen) atoms. The van der Waals surface area contributed by atoms with E-state index in [1.54, 1.807) is 41.5 Å². The quantitative estimate of drug-likeness (QED) is 0.373. The molecule has 0 spiro atoms. The van der Waals surface area contributed by atoms with Crippen molar-refractivity contribution in [2.75, 3.05) is 0 Å². The van der Waals surface area contributed by atoms with Gasteiger partial charge in [0.15, 0.2) is 0 Å². The second-order valence-corrected chi connectivity index (χ2v) is 7.16. The van der Waals surface area contributed by atoms with Gasteiger partial charge in [0, 0.05) is 5.56 Å². The van der Waals surface area contributed by atoms with Crippen molar-refractivity contribution in [1.29, 1.82) is 0 Å². The van der Waals surface area contributed by atoms with Crippen LogP contribution in [-0.2, 0) is 9.47 Å². The number of phenolic OH excluding ortho intramolecular Hbond substituents is 1. The second kappa shape index (κ2) is 7.87. The SMILES string of the molecule is CC(C)(C)OC(=O)N/N=C/c1cc(O)ccc1OC(=O)OC(C)(C)C. The summed E-state index contributed by atoms with van der Waals surface area (Å²) >= 11 is 0. The van der Waals surface area contributed by atoms with Crippen LogP contribution in [0.5, 0.6) is 11.5 Å². The molecule has 0 aliphatic heterocycles. The lowest BCUT2D eigenvalue weighted by Gasteiger charge is -2.19. The first-order chi connectivity index (χ1) is 11.4. The summed E-state index contributed by atoms with van der Waals surface area (Å²) < 4.78 is 15.2. The van der Waals surface area contributed by atoms with E-state index < -0.39 is 23.5 Å². The highest BCUT2D eigenvalue weighted by Gasteiger charge is 2.19. The van der Waals surface area contributed by atoms with E-state index in [0.717, 1.165) is 0 Å². The Hall–Kier alpha value is -2.77. The zero-order valence-electron chi connectivity index (χ0n) is 15.2. The van der Waals surface area contributed by atoms with Gasteiger partial charge in [-0.3, -0.25) is 0 Å². The van der Waals surface area contributed by atoms with Gasteiger partial charge in [-0.15, -0.1) is 0 Å². The average Bonchev–Trinajstić information content (AvgIpc) is 2.37. The summed E-state index contributed by atoms with van der Waals surface area (Å²) in [4.78, 5) is 23.3. The Morgan fingerprint density at radius 1 is 1.08 bits per heavy atom. The van der Waals surface area contributed by atoms with Crippen LogP contribution in [0, 0.1) is 0 Å². The zero-order chi connectivity index (χ0) is 19.3. The molecule has 8 heteroatoms. The van der Waals surface area contributed by atoms with Crippen LogP contribution in [0.1, 0.15) is 47.1 Å². The highest BCUT2D eigenvalue weighted by atomic mass is 16.7. The summed E-state index contributed by atoms with van der Waals surface area (Å²) in [5.74, 6) is 0.0528. The van der Waals surface area contributed by atoms with Crippen molar-refractivity contribution in [1.82, 2.24) is 5.43 Å². The number of aromatic hydroxyl groups is 1. The molecule has 1 rings (SSSR count). The van der Waals surface area contributed by atoms with Crippen molar-refractivity contribution in [2.24, 2.45) is 5.10 Å². The molecule has 0 saturated heterocycles. The second-order valence-electron chi connectivity index (χ2n) is 7.16. The smallest absolute Gasteiger partial charge is 0.508 e. The molecule has 0 fully saturated rings. The van der Waals surface area contributed by atoms with Gasteiger partial charge in [0.2, 0.25) is 0 Å². The Kier molecular flexibility index (Phi) is 6.38. The Morgan fingerprint density at radius 3 is 2.24 bits per heavy atom. The monoisotopic (exact) mass is 352 g/mol. The first-order valence-corrected chi connectivity index (χ1v) is 7.62. The minimum Gasteiger partial charge on any atom is -0.508 e. The van der Waals surface area contributed by atoms with Crippen LogP contribution in [-0.4, -0.2) is 34.8 Å². The molecule has 8 nitrogen and oxygen atoms in total. The number of carbonyl (C=O) groups is 2. The Labute approximate surface area is 146 Å². The molecule has 138 valence electrons. The fourth-order valence-corrected chi connectivity index (χ4v) is 1.55. The van der Waals surface area contributed by atoms with Crippen molar-refractivity contribution < 1.29 is 28.9 Å². The van der Waals surface area contributed by atoms with Crippen LogP contribution < -0.4 is 10.2 Å². The van der Waals surface area contributed by atoms with Crippen LogP contribution in [0.3, 0.4) is 0 Å². The third kappa shape index (κ3) is 8.59. The minimum atomic E-state index is -0.895.